The third kappa shape index (κ3) is 4.79. The number of nitrogens with zero attached hydrogens (tertiary/aromatic N) is 6. The van der Waals surface area contributed by atoms with Gasteiger partial charge in [-0.25, -0.2) is 12.7 Å². The van der Waals surface area contributed by atoms with Gasteiger partial charge in [0, 0.05) is 80.3 Å². The van der Waals surface area contributed by atoms with E-state index in [0.29, 0.717) is 47.6 Å². The van der Waals surface area contributed by atoms with Gasteiger partial charge in [0.05, 0.1) is 17.4 Å². The Morgan fingerprint density at radius 3 is 2.09 bits per heavy atom. The molecule has 1 aliphatic carbocycles. The van der Waals surface area contributed by atoms with E-state index in [0.717, 1.165) is 0 Å². The van der Waals surface area contributed by atoms with Crippen molar-refractivity contribution in [1.29, 1.82) is 5.26 Å². The fourth-order valence-electron chi connectivity index (χ4n) is 6.54. The van der Waals surface area contributed by atoms with E-state index in [1.165, 1.54) is 10.4 Å². The highest BCUT2D eigenvalue weighted by Gasteiger charge is 2.67. The van der Waals surface area contributed by atoms with Gasteiger partial charge < -0.3 is 4.90 Å². The molecule has 220 valence electrons. The normalized spacial score (nSPS) is 23.8. The average Bonchev–Trinajstić information content (AvgIpc) is 3.39. The number of hydrogen-bond donors (Lipinski definition) is 0. The number of carbonyl (C=O) groups excluding carboxylic acids is 2. The predicted molar refractivity (Wildman–Crippen MR) is 159 cm³/mol. The molecule has 10 nitrogen and oxygen atoms in total. The van der Waals surface area contributed by atoms with Crippen molar-refractivity contribution in [2.45, 2.75) is 18.0 Å². The van der Waals surface area contributed by atoms with Gasteiger partial charge in [-0.3, -0.25) is 24.5 Å². The third-order valence-electron chi connectivity index (χ3n) is 8.72. The molecule has 1 aromatic carbocycles. The second-order valence-electron chi connectivity index (χ2n) is 11.0. The number of aromatic nitrogens is 2. The maximum Gasteiger partial charge on any atom is 0.263 e. The number of allylic oxidation sites excluding steroid dienone is 1. The summed E-state index contributed by atoms with van der Waals surface area (Å²) in [6.07, 6.45) is 8.35. The van der Waals surface area contributed by atoms with E-state index in [-0.39, 0.29) is 41.2 Å². The van der Waals surface area contributed by atoms with Crippen molar-refractivity contribution in [1.82, 2.24) is 24.1 Å². The Hall–Kier alpha value is -4.11. The van der Waals surface area contributed by atoms with Crippen molar-refractivity contribution in [2.75, 3.05) is 31.8 Å². The lowest BCUT2D eigenvalue weighted by Gasteiger charge is -2.35. The van der Waals surface area contributed by atoms with Crippen LogP contribution in [0.25, 0.3) is 0 Å². The molecule has 1 saturated carbocycles. The summed E-state index contributed by atoms with van der Waals surface area (Å²) in [5.74, 6) is -0.00947. The number of benzene rings is 1. The van der Waals surface area contributed by atoms with Crippen molar-refractivity contribution < 1.29 is 18.0 Å². The molecule has 0 radical (unpaired) electrons. The first-order valence-corrected chi connectivity index (χ1v) is 16.1. The van der Waals surface area contributed by atoms with Crippen molar-refractivity contribution in [2.24, 2.45) is 11.8 Å². The summed E-state index contributed by atoms with van der Waals surface area (Å²) in [6.45, 7) is 0.615. The lowest BCUT2D eigenvalue weighted by molar-refractivity contribution is -0.132. The Morgan fingerprint density at radius 2 is 1.58 bits per heavy atom. The summed E-state index contributed by atoms with van der Waals surface area (Å²) < 4.78 is 27.3. The molecular formula is C31H29ClN6O4S. The Morgan fingerprint density at radius 1 is 1.02 bits per heavy atom. The molecule has 2 aromatic heterocycles. The number of likely N-dealkylation sites (N-methyl/N-ethyl adjacent to an activating group) is 1. The van der Waals surface area contributed by atoms with Gasteiger partial charge >= 0.3 is 0 Å². The van der Waals surface area contributed by atoms with Crippen LogP contribution < -0.4 is 0 Å². The van der Waals surface area contributed by atoms with Gasteiger partial charge in [0.1, 0.15) is 5.82 Å². The van der Waals surface area contributed by atoms with Crippen molar-refractivity contribution >= 4 is 33.3 Å². The highest BCUT2D eigenvalue weighted by atomic mass is 35.5. The first-order valence-electron chi connectivity index (χ1n) is 13.9. The summed E-state index contributed by atoms with van der Waals surface area (Å²) in [4.78, 5) is 40.3. The first-order chi connectivity index (χ1) is 20.7. The molecule has 43 heavy (non-hydrogen) atoms. The number of rotatable bonds is 9. The van der Waals surface area contributed by atoms with E-state index in [1.807, 2.05) is 4.90 Å². The van der Waals surface area contributed by atoms with Crippen molar-refractivity contribution in [3.8, 4) is 6.07 Å². The molecule has 2 atom stereocenters. The van der Waals surface area contributed by atoms with E-state index in [4.69, 9.17) is 11.6 Å². The second-order valence-corrected chi connectivity index (χ2v) is 13.4. The van der Waals surface area contributed by atoms with Crippen LogP contribution in [0.15, 0.2) is 85.2 Å². The maximum absolute atomic E-state index is 14.9. The zero-order valence-electron chi connectivity index (χ0n) is 23.4. The summed E-state index contributed by atoms with van der Waals surface area (Å²) in [6, 6.07) is 15.3. The average molecular weight is 617 g/mol. The molecular weight excluding hydrogens is 588 g/mol. The number of pyridine rings is 2. The SMILES string of the molecule is CN1C(=CC(=O)c2ccc(C#N)cc2)N(C2[C@H]3CN(S(=O)(=O)CCCCl)C[C@H]23)C(=O)C1(c1ccncc1)c1ccncc1. The molecule has 3 aliphatic rings. The fraction of sp³-hybridized carbons (Fsp3) is 0.323. The quantitative estimate of drug-likeness (QED) is 0.204. The summed E-state index contributed by atoms with van der Waals surface area (Å²) >= 11 is 5.75. The lowest BCUT2D eigenvalue weighted by Crippen LogP contribution is -2.46. The summed E-state index contributed by atoms with van der Waals surface area (Å²) in [5, 5.41) is 9.17. The minimum absolute atomic E-state index is 0.0105. The minimum atomic E-state index is -3.45. The molecule has 3 aromatic rings. The number of hydrogen-bond acceptors (Lipinski definition) is 8. The monoisotopic (exact) mass is 616 g/mol. The number of fused-ring (bicyclic) bond motifs is 1. The van der Waals surface area contributed by atoms with Crippen LogP contribution in [0.3, 0.4) is 0 Å². The minimum Gasteiger partial charge on any atom is -0.339 e. The molecule has 1 amide bonds. The van der Waals surface area contributed by atoms with Crippen LogP contribution in [0, 0.1) is 23.2 Å². The first kappa shape index (κ1) is 29.0. The van der Waals surface area contributed by atoms with Crippen LogP contribution in [0.2, 0.25) is 0 Å². The van der Waals surface area contributed by atoms with Crippen LogP contribution in [0.1, 0.15) is 33.5 Å². The van der Waals surface area contributed by atoms with Crippen LogP contribution >= 0.6 is 11.6 Å². The summed E-state index contributed by atoms with van der Waals surface area (Å²) in [5.41, 5.74) is 0.856. The predicted octanol–water partition coefficient (Wildman–Crippen LogP) is 2.98. The van der Waals surface area contributed by atoms with E-state index in [9.17, 15) is 23.3 Å². The van der Waals surface area contributed by atoms with Crippen LogP contribution in [0.4, 0.5) is 0 Å². The van der Waals surface area contributed by atoms with E-state index in [2.05, 4.69) is 16.0 Å². The van der Waals surface area contributed by atoms with Gasteiger partial charge in [-0.15, -0.1) is 11.6 Å². The third-order valence-corrected chi connectivity index (χ3v) is 10.9. The van der Waals surface area contributed by atoms with Crippen LogP contribution in [-0.2, 0) is 20.4 Å². The molecule has 0 N–H and O–H groups in total. The molecule has 2 aliphatic heterocycles. The van der Waals surface area contributed by atoms with E-state index >= 15 is 0 Å². The molecule has 0 spiro atoms. The number of carbonyl (C=O) groups is 2. The van der Waals surface area contributed by atoms with Gasteiger partial charge in [-0.1, -0.05) is 0 Å². The summed E-state index contributed by atoms with van der Waals surface area (Å²) in [7, 11) is -1.66. The maximum atomic E-state index is 14.9. The topological polar surface area (TPSA) is 128 Å². The fourth-order valence-corrected chi connectivity index (χ4v) is 8.40. The van der Waals surface area contributed by atoms with Gasteiger partial charge in [0.15, 0.2) is 11.3 Å². The lowest BCUT2D eigenvalue weighted by atomic mass is 9.82. The van der Waals surface area contributed by atoms with Gasteiger partial charge in [-0.2, -0.15) is 5.26 Å². The van der Waals surface area contributed by atoms with Crippen LogP contribution in [0.5, 0.6) is 0 Å². The molecule has 2 saturated heterocycles. The van der Waals surface area contributed by atoms with E-state index < -0.39 is 15.6 Å². The van der Waals surface area contributed by atoms with Gasteiger partial charge in [-0.05, 0) is 66.1 Å². The van der Waals surface area contributed by atoms with Gasteiger partial charge in [0.2, 0.25) is 10.0 Å². The molecule has 3 fully saturated rings. The van der Waals surface area contributed by atoms with Crippen molar-refractivity contribution in [3.63, 3.8) is 0 Å². The molecule has 0 unspecified atom stereocenters. The van der Waals surface area contributed by atoms with Crippen molar-refractivity contribution in [3.05, 3.63) is 107 Å². The molecule has 0 bridgehead atoms. The Bertz CT molecular complexity index is 1680. The Labute approximate surface area is 255 Å². The number of alkyl halides is 1. The number of amides is 1. The van der Waals surface area contributed by atoms with Gasteiger partial charge in [0.25, 0.3) is 5.91 Å². The molecule has 4 heterocycles. The zero-order valence-corrected chi connectivity index (χ0v) is 24.9. The Kier molecular flexibility index (Phi) is 7.54. The smallest absolute Gasteiger partial charge is 0.263 e. The number of piperidine rings is 1. The number of halogens is 1. The van der Waals surface area contributed by atoms with Crippen LogP contribution in [-0.4, -0.2) is 82.0 Å². The second kappa shape index (κ2) is 11.2. The zero-order chi connectivity index (χ0) is 30.4. The number of nitriles is 1. The highest BCUT2D eigenvalue weighted by molar-refractivity contribution is 7.89. The standard InChI is InChI=1S/C31H29ClN6O4S/c1-36-28(17-27(39)22-5-3-21(18-33)4-6-22)38(29-25-19-37(20-26(25)29)43(41,42)16-2-11-32)30(40)31(36,23-7-12-34-13-8-23)24-9-14-35-15-10-24/h3-10,12-15,17,25-26,29H,2,11,16,19-20H2,1H3/t25-,26-/m0/s1. The Balaban J connectivity index is 1.43. The molecule has 12 heteroatoms. The highest BCUT2D eigenvalue weighted by Crippen LogP contribution is 2.56. The number of ketones is 1. The van der Waals surface area contributed by atoms with E-state index in [1.54, 1.807) is 85.3 Å². The largest absolute Gasteiger partial charge is 0.339 e. The number of sulfonamides is 1. The molecule has 6 rings (SSSR count).